The van der Waals surface area contributed by atoms with Crippen LogP contribution in [-0.4, -0.2) is 45.4 Å². The molecule has 1 fully saturated rings. The van der Waals surface area contributed by atoms with Crippen molar-refractivity contribution in [2.24, 2.45) is 11.8 Å². The molecule has 1 aliphatic rings. The van der Waals surface area contributed by atoms with E-state index in [-0.39, 0.29) is 16.7 Å². The average molecular weight is 383 g/mol. The standard InChI is InChI=1S/C19H30N2O4S/c1-15(2)5-4-12-20-19(22)16-10-13-21(14-11-16)26(23,24)18-8-6-17(25-3)7-9-18/h6-9,15-16H,4-5,10-14H2,1-3H3,(H,20,22). The molecule has 1 aliphatic heterocycles. The molecule has 0 saturated carbocycles. The molecular weight excluding hydrogens is 352 g/mol. The lowest BCUT2D eigenvalue weighted by Gasteiger charge is -2.30. The Kier molecular flexibility index (Phi) is 7.46. The minimum Gasteiger partial charge on any atom is -0.497 e. The zero-order valence-electron chi connectivity index (χ0n) is 15.9. The van der Waals surface area contributed by atoms with Crippen molar-refractivity contribution in [1.82, 2.24) is 9.62 Å². The lowest BCUT2D eigenvalue weighted by molar-refractivity contribution is -0.126. The lowest BCUT2D eigenvalue weighted by Crippen LogP contribution is -2.43. The summed E-state index contributed by atoms with van der Waals surface area (Å²) in [7, 11) is -1.98. The van der Waals surface area contributed by atoms with Crippen LogP contribution in [0.2, 0.25) is 0 Å². The third-order valence-corrected chi connectivity index (χ3v) is 6.69. The molecule has 0 unspecified atom stereocenters. The van der Waals surface area contributed by atoms with Crippen molar-refractivity contribution in [3.05, 3.63) is 24.3 Å². The van der Waals surface area contributed by atoms with Gasteiger partial charge in [-0.25, -0.2) is 8.42 Å². The minimum atomic E-state index is -3.52. The van der Waals surface area contributed by atoms with E-state index in [1.54, 1.807) is 31.4 Å². The van der Waals surface area contributed by atoms with E-state index in [9.17, 15) is 13.2 Å². The van der Waals surface area contributed by atoms with E-state index in [0.717, 1.165) is 12.8 Å². The molecule has 0 aliphatic carbocycles. The van der Waals surface area contributed by atoms with Gasteiger partial charge in [-0.2, -0.15) is 4.31 Å². The molecule has 1 N–H and O–H groups in total. The third-order valence-electron chi connectivity index (χ3n) is 4.78. The fraction of sp³-hybridized carbons (Fsp3) is 0.632. The maximum absolute atomic E-state index is 12.7. The Labute approximate surface area is 157 Å². The molecule has 7 heteroatoms. The first-order valence-electron chi connectivity index (χ1n) is 9.26. The predicted molar refractivity (Wildman–Crippen MR) is 102 cm³/mol. The number of amides is 1. The summed E-state index contributed by atoms with van der Waals surface area (Å²) in [5.74, 6) is 1.21. The van der Waals surface area contributed by atoms with Crippen LogP contribution in [0.25, 0.3) is 0 Å². The van der Waals surface area contributed by atoms with Gasteiger partial charge in [0.2, 0.25) is 15.9 Å². The molecule has 6 nitrogen and oxygen atoms in total. The molecule has 0 aromatic heterocycles. The zero-order valence-corrected chi connectivity index (χ0v) is 16.7. The van der Waals surface area contributed by atoms with E-state index in [0.29, 0.717) is 44.1 Å². The van der Waals surface area contributed by atoms with Crippen LogP contribution in [0.15, 0.2) is 29.2 Å². The summed E-state index contributed by atoms with van der Waals surface area (Å²) in [6.45, 7) is 5.78. The second-order valence-corrected chi connectivity index (χ2v) is 9.12. The summed E-state index contributed by atoms with van der Waals surface area (Å²) in [5.41, 5.74) is 0. The van der Waals surface area contributed by atoms with Gasteiger partial charge in [0.25, 0.3) is 0 Å². The van der Waals surface area contributed by atoms with Gasteiger partial charge >= 0.3 is 0 Å². The predicted octanol–water partition coefficient (Wildman–Crippen LogP) is 2.65. The number of rotatable bonds is 8. The molecule has 146 valence electrons. The summed E-state index contributed by atoms with van der Waals surface area (Å²) in [4.78, 5) is 12.5. The van der Waals surface area contributed by atoms with Gasteiger partial charge < -0.3 is 10.1 Å². The number of ether oxygens (including phenoxy) is 1. The van der Waals surface area contributed by atoms with E-state index in [1.807, 2.05) is 0 Å². The number of hydrogen-bond acceptors (Lipinski definition) is 4. The van der Waals surface area contributed by atoms with Gasteiger partial charge in [0.15, 0.2) is 0 Å². The number of methoxy groups -OCH3 is 1. The van der Waals surface area contributed by atoms with Gasteiger partial charge in [-0.15, -0.1) is 0 Å². The van der Waals surface area contributed by atoms with Crippen molar-refractivity contribution in [2.75, 3.05) is 26.7 Å². The maximum atomic E-state index is 12.7. The van der Waals surface area contributed by atoms with E-state index < -0.39 is 10.0 Å². The molecule has 1 heterocycles. The fourth-order valence-corrected chi connectivity index (χ4v) is 4.59. The van der Waals surface area contributed by atoms with Crippen molar-refractivity contribution in [3.8, 4) is 5.75 Å². The minimum absolute atomic E-state index is 0.0512. The Morgan fingerprint density at radius 3 is 2.38 bits per heavy atom. The molecule has 1 amide bonds. The third kappa shape index (κ3) is 5.45. The van der Waals surface area contributed by atoms with Crippen molar-refractivity contribution in [3.63, 3.8) is 0 Å². The number of benzene rings is 1. The van der Waals surface area contributed by atoms with Crippen LogP contribution in [0.3, 0.4) is 0 Å². The summed E-state index contributed by atoms with van der Waals surface area (Å²) in [5, 5.41) is 2.98. The van der Waals surface area contributed by atoms with Crippen LogP contribution >= 0.6 is 0 Å². The highest BCUT2D eigenvalue weighted by Gasteiger charge is 2.31. The van der Waals surface area contributed by atoms with Gasteiger partial charge in [-0.1, -0.05) is 13.8 Å². The Morgan fingerprint density at radius 2 is 1.85 bits per heavy atom. The molecular formula is C19H30N2O4S. The molecule has 26 heavy (non-hydrogen) atoms. The van der Waals surface area contributed by atoms with Crippen LogP contribution in [-0.2, 0) is 14.8 Å². The quantitative estimate of drug-likeness (QED) is 0.702. The van der Waals surface area contributed by atoms with Crippen molar-refractivity contribution < 1.29 is 17.9 Å². The summed E-state index contributed by atoms with van der Waals surface area (Å²) < 4.78 is 32.0. The van der Waals surface area contributed by atoms with Gasteiger partial charge in [-0.05, 0) is 55.9 Å². The Bertz CT molecular complexity index is 678. The Hall–Kier alpha value is -1.60. The van der Waals surface area contributed by atoms with E-state index in [4.69, 9.17) is 4.74 Å². The normalized spacial score (nSPS) is 16.6. The van der Waals surface area contributed by atoms with Crippen LogP contribution in [0.1, 0.15) is 39.5 Å². The summed E-state index contributed by atoms with van der Waals surface area (Å²) in [6, 6.07) is 6.40. The highest BCUT2D eigenvalue weighted by molar-refractivity contribution is 7.89. The van der Waals surface area contributed by atoms with Gasteiger partial charge in [0, 0.05) is 25.6 Å². The highest BCUT2D eigenvalue weighted by Crippen LogP contribution is 2.25. The van der Waals surface area contributed by atoms with Crippen LogP contribution < -0.4 is 10.1 Å². The Balaban J connectivity index is 1.85. The smallest absolute Gasteiger partial charge is 0.243 e. The maximum Gasteiger partial charge on any atom is 0.243 e. The zero-order chi connectivity index (χ0) is 19.2. The number of piperidine rings is 1. The molecule has 0 spiro atoms. The van der Waals surface area contributed by atoms with Crippen molar-refractivity contribution in [2.45, 2.75) is 44.4 Å². The number of sulfonamides is 1. The second-order valence-electron chi connectivity index (χ2n) is 7.18. The number of nitrogens with one attached hydrogen (secondary N) is 1. The van der Waals surface area contributed by atoms with Crippen LogP contribution in [0.4, 0.5) is 0 Å². The topological polar surface area (TPSA) is 75.7 Å². The fourth-order valence-electron chi connectivity index (χ4n) is 3.12. The van der Waals surface area contributed by atoms with Crippen LogP contribution in [0, 0.1) is 11.8 Å². The van der Waals surface area contributed by atoms with Gasteiger partial charge in [0.1, 0.15) is 5.75 Å². The number of nitrogens with zero attached hydrogens (tertiary/aromatic N) is 1. The molecule has 0 radical (unpaired) electrons. The van der Waals surface area contributed by atoms with Gasteiger partial charge in [0.05, 0.1) is 12.0 Å². The summed E-state index contributed by atoms with van der Waals surface area (Å²) in [6.07, 6.45) is 3.20. The highest BCUT2D eigenvalue weighted by atomic mass is 32.2. The van der Waals surface area contributed by atoms with E-state index in [1.165, 1.54) is 4.31 Å². The molecule has 1 saturated heterocycles. The van der Waals surface area contributed by atoms with Crippen molar-refractivity contribution >= 4 is 15.9 Å². The SMILES string of the molecule is COc1ccc(S(=O)(=O)N2CCC(C(=O)NCCCC(C)C)CC2)cc1. The molecule has 0 bridgehead atoms. The second kappa shape index (κ2) is 9.37. The van der Waals surface area contributed by atoms with Crippen molar-refractivity contribution in [1.29, 1.82) is 0 Å². The average Bonchev–Trinajstić information content (AvgIpc) is 2.65. The number of carbonyl (C=O) groups excluding carboxylic acids is 1. The lowest BCUT2D eigenvalue weighted by atomic mass is 9.97. The molecule has 2 rings (SSSR count). The van der Waals surface area contributed by atoms with Gasteiger partial charge in [-0.3, -0.25) is 4.79 Å². The first kappa shape index (κ1) is 20.7. The number of hydrogen-bond donors (Lipinski definition) is 1. The first-order chi connectivity index (χ1) is 12.3. The molecule has 0 atom stereocenters. The van der Waals surface area contributed by atoms with E-state index >= 15 is 0 Å². The largest absolute Gasteiger partial charge is 0.497 e. The van der Waals surface area contributed by atoms with E-state index in [2.05, 4.69) is 19.2 Å². The molecule has 1 aromatic rings. The number of carbonyl (C=O) groups is 1. The Morgan fingerprint density at radius 1 is 1.23 bits per heavy atom. The van der Waals surface area contributed by atoms with Crippen LogP contribution in [0.5, 0.6) is 5.75 Å². The monoisotopic (exact) mass is 382 g/mol. The molecule has 1 aromatic carbocycles. The summed E-state index contributed by atoms with van der Waals surface area (Å²) >= 11 is 0. The first-order valence-corrected chi connectivity index (χ1v) is 10.7.